The third-order valence-corrected chi connectivity index (χ3v) is 2.13. The summed E-state index contributed by atoms with van der Waals surface area (Å²) >= 11 is 0. The van der Waals surface area contributed by atoms with Crippen LogP contribution in [-0.4, -0.2) is 12.1 Å². The number of methoxy groups -OCH3 is 1. The predicted octanol–water partition coefficient (Wildman–Crippen LogP) is 2.90. The number of hydrogen-bond donors (Lipinski definition) is 0. The largest absolute Gasteiger partial charge is 0.497 e. The zero-order chi connectivity index (χ0) is 10.7. The molecule has 0 fully saturated rings. The summed E-state index contributed by atoms with van der Waals surface area (Å²) in [7, 11) is 1.61. The standard InChI is InChI=1S/C12H10FNO/c1-15-12-4-2-9(3-5-12)10-6-11(13)8-14-7-10/h2-8H,1H3. The van der Waals surface area contributed by atoms with Crippen LogP contribution in [0.15, 0.2) is 42.7 Å². The predicted molar refractivity (Wildman–Crippen MR) is 56.2 cm³/mol. The molecule has 0 unspecified atom stereocenters. The van der Waals surface area contributed by atoms with Gasteiger partial charge in [0, 0.05) is 11.8 Å². The number of ether oxygens (including phenoxy) is 1. The molecule has 3 heteroatoms. The molecule has 0 saturated carbocycles. The highest BCUT2D eigenvalue weighted by molar-refractivity contribution is 5.63. The Morgan fingerprint density at radius 2 is 1.80 bits per heavy atom. The van der Waals surface area contributed by atoms with Gasteiger partial charge in [-0.3, -0.25) is 4.98 Å². The van der Waals surface area contributed by atoms with Gasteiger partial charge in [0.2, 0.25) is 0 Å². The van der Waals surface area contributed by atoms with Gasteiger partial charge in [-0.15, -0.1) is 0 Å². The van der Waals surface area contributed by atoms with Crippen molar-refractivity contribution >= 4 is 0 Å². The molecule has 0 saturated heterocycles. The Morgan fingerprint density at radius 3 is 2.40 bits per heavy atom. The molecule has 0 bridgehead atoms. The van der Waals surface area contributed by atoms with E-state index >= 15 is 0 Å². The van der Waals surface area contributed by atoms with Gasteiger partial charge in [0.1, 0.15) is 11.6 Å². The highest BCUT2D eigenvalue weighted by atomic mass is 19.1. The van der Waals surface area contributed by atoms with Crippen LogP contribution in [-0.2, 0) is 0 Å². The Bertz CT molecular complexity index is 453. The van der Waals surface area contributed by atoms with Crippen molar-refractivity contribution in [1.29, 1.82) is 0 Å². The summed E-state index contributed by atoms with van der Waals surface area (Å²) in [5.41, 5.74) is 1.68. The van der Waals surface area contributed by atoms with Crippen LogP contribution in [0.3, 0.4) is 0 Å². The molecule has 2 rings (SSSR count). The smallest absolute Gasteiger partial charge is 0.142 e. The SMILES string of the molecule is COc1ccc(-c2cncc(F)c2)cc1. The maximum atomic E-state index is 12.9. The first-order valence-electron chi connectivity index (χ1n) is 4.54. The zero-order valence-electron chi connectivity index (χ0n) is 8.27. The van der Waals surface area contributed by atoms with E-state index in [0.717, 1.165) is 16.9 Å². The van der Waals surface area contributed by atoms with Crippen molar-refractivity contribution in [3.8, 4) is 16.9 Å². The molecule has 2 aromatic rings. The number of benzene rings is 1. The lowest BCUT2D eigenvalue weighted by atomic mass is 10.1. The van der Waals surface area contributed by atoms with Crippen molar-refractivity contribution in [2.45, 2.75) is 0 Å². The molecule has 0 amide bonds. The van der Waals surface area contributed by atoms with Gasteiger partial charge < -0.3 is 4.74 Å². The van der Waals surface area contributed by atoms with E-state index < -0.39 is 0 Å². The Kier molecular flexibility index (Phi) is 2.63. The van der Waals surface area contributed by atoms with Crippen molar-refractivity contribution in [3.63, 3.8) is 0 Å². The maximum absolute atomic E-state index is 12.9. The minimum atomic E-state index is -0.330. The molecule has 0 radical (unpaired) electrons. The number of pyridine rings is 1. The van der Waals surface area contributed by atoms with Crippen LogP contribution < -0.4 is 4.74 Å². The molecule has 2 nitrogen and oxygen atoms in total. The average molecular weight is 203 g/mol. The highest BCUT2D eigenvalue weighted by Gasteiger charge is 1.99. The van der Waals surface area contributed by atoms with Crippen molar-refractivity contribution in [2.75, 3.05) is 7.11 Å². The topological polar surface area (TPSA) is 22.1 Å². The molecule has 0 N–H and O–H groups in total. The van der Waals surface area contributed by atoms with Crippen LogP contribution in [0.1, 0.15) is 0 Å². The van der Waals surface area contributed by atoms with E-state index in [9.17, 15) is 4.39 Å². The molecule has 0 atom stereocenters. The zero-order valence-corrected chi connectivity index (χ0v) is 8.27. The molecular weight excluding hydrogens is 193 g/mol. The summed E-state index contributed by atoms with van der Waals surface area (Å²) in [6.07, 6.45) is 2.82. The summed E-state index contributed by atoms with van der Waals surface area (Å²) in [6.45, 7) is 0. The minimum Gasteiger partial charge on any atom is -0.497 e. The first-order valence-corrected chi connectivity index (χ1v) is 4.54. The summed E-state index contributed by atoms with van der Waals surface area (Å²) in [4.78, 5) is 3.80. The highest BCUT2D eigenvalue weighted by Crippen LogP contribution is 2.21. The summed E-state index contributed by atoms with van der Waals surface area (Å²) in [6, 6.07) is 8.86. The number of halogens is 1. The third kappa shape index (κ3) is 2.13. The summed E-state index contributed by atoms with van der Waals surface area (Å²) in [5, 5.41) is 0. The van der Waals surface area contributed by atoms with Gasteiger partial charge in [-0.1, -0.05) is 12.1 Å². The number of nitrogens with zero attached hydrogens (tertiary/aromatic N) is 1. The molecule has 0 spiro atoms. The van der Waals surface area contributed by atoms with E-state index in [4.69, 9.17) is 4.74 Å². The lowest BCUT2D eigenvalue weighted by molar-refractivity contribution is 0.415. The fraction of sp³-hybridized carbons (Fsp3) is 0.0833. The fourth-order valence-corrected chi connectivity index (χ4v) is 1.35. The second-order valence-electron chi connectivity index (χ2n) is 3.12. The van der Waals surface area contributed by atoms with Gasteiger partial charge in [-0.25, -0.2) is 4.39 Å². The molecule has 1 aromatic carbocycles. The molecule has 15 heavy (non-hydrogen) atoms. The van der Waals surface area contributed by atoms with E-state index in [0.29, 0.717) is 0 Å². The second kappa shape index (κ2) is 4.09. The van der Waals surface area contributed by atoms with Gasteiger partial charge in [0.25, 0.3) is 0 Å². The fourth-order valence-electron chi connectivity index (χ4n) is 1.35. The van der Waals surface area contributed by atoms with Gasteiger partial charge in [-0.2, -0.15) is 0 Å². The summed E-state index contributed by atoms with van der Waals surface area (Å²) in [5.74, 6) is 0.450. The molecule has 0 aliphatic heterocycles. The number of hydrogen-bond acceptors (Lipinski definition) is 2. The van der Waals surface area contributed by atoms with Crippen molar-refractivity contribution in [2.24, 2.45) is 0 Å². The van der Waals surface area contributed by atoms with Crippen molar-refractivity contribution in [3.05, 3.63) is 48.5 Å². The van der Waals surface area contributed by atoms with E-state index in [1.807, 2.05) is 24.3 Å². The van der Waals surface area contributed by atoms with Gasteiger partial charge in [0.15, 0.2) is 0 Å². The van der Waals surface area contributed by atoms with E-state index in [1.54, 1.807) is 13.3 Å². The van der Waals surface area contributed by atoms with Gasteiger partial charge >= 0.3 is 0 Å². The quantitative estimate of drug-likeness (QED) is 0.748. The number of aromatic nitrogens is 1. The van der Waals surface area contributed by atoms with Crippen LogP contribution >= 0.6 is 0 Å². The van der Waals surface area contributed by atoms with E-state index in [2.05, 4.69) is 4.98 Å². The monoisotopic (exact) mass is 203 g/mol. The molecule has 0 aliphatic rings. The Morgan fingerprint density at radius 1 is 1.07 bits per heavy atom. The molecule has 76 valence electrons. The second-order valence-corrected chi connectivity index (χ2v) is 3.12. The van der Waals surface area contributed by atoms with Crippen LogP contribution in [0.2, 0.25) is 0 Å². The van der Waals surface area contributed by atoms with E-state index in [-0.39, 0.29) is 5.82 Å². The van der Waals surface area contributed by atoms with Crippen LogP contribution in [0, 0.1) is 5.82 Å². The van der Waals surface area contributed by atoms with Crippen molar-refractivity contribution in [1.82, 2.24) is 4.98 Å². The van der Waals surface area contributed by atoms with Crippen LogP contribution in [0.4, 0.5) is 4.39 Å². The normalized spacial score (nSPS) is 10.0. The lowest BCUT2D eigenvalue weighted by Gasteiger charge is -2.03. The Balaban J connectivity index is 2.37. The van der Waals surface area contributed by atoms with Crippen LogP contribution in [0.25, 0.3) is 11.1 Å². The first-order chi connectivity index (χ1) is 7.29. The molecule has 0 aliphatic carbocycles. The molecular formula is C12H10FNO. The maximum Gasteiger partial charge on any atom is 0.142 e. The molecule has 1 heterocycles. The van der Waals surface area contributed by atoms with Crippen LogP contribution in [0.5, 0.6) is 5.75 Å². The molecule has 1 aromatic heterocycles. The van der Waals surface area contributed by atoms with Gasteiger partial charge in [0.05, 0.1) is 13.3 Å². The van der Waals surface area contributed by atoms with Crippen molar-refractivity contribution < 1.29 is 9.13 Å². The van der Waals surface area contributed by atoms with Gasteiger partial charge in [-0.05, 0) is 23.8 Å². The average Bonchev–Trinajstić information content (AvgIpc) is 2.29. The minimum absolute atomic E-state index is 0.330. The Hall–Kier alpha value is -1.90. The third-order valence-electron chi connectivity index (χ3n) is 2.13. The summed E-state index contributed by atoms with van der Waals surface area (Å²) < 4.78 is 18.0. The lowest BCUT2D eigenvalue weighted by Crippen LogP contribution is -1.84. The first kappa shape index (κ1) is 9.65. The van der Waals surface area contributed by atoms with E-state index in [1.165, 1.54) is 12.3 Å². The number of rotatable bonds is 2. The Labute approximate surface area is 87.4 Å².